The van der Waals surface area contributed by atoms with Crippen LogP contribution in [0.3, 0.4) is 0 Å². The summed E-state index contributed by atoms with van der Waals surface area (Å²) in [5.41, 5.74) is 1.73. The molecule has 4 N–H and O–H groups in total. The lowest BCUT2D eigenvalue weighted by Gasteiger charge is -2.52. The Balaban J connectivity index is 1.25. The summed E-state index contributed by atoms with van der Waals surface area (Å²) < 4.78 is 36.2. The van der Waals surface area contributed by atoms with Crippen molar-refractivity contribution in [3.8, 4) is 23.1 Å². The van der Waals surface area contributed by atoms with E-state index in [1.807, 2.05) is 24.8 Å². The number of likely N-dealkylation sites (tertiary alicyclic amines) is 1. The number of imidazole rings is 1. The number of carboxylic acids is 1. The molecular weight excluding hydrogens is 610 g/mol. The Kier molecular flexibility index (Phi) is 8.76. The summed E-state index contributed by atoms with van der Waals surface area (Å²) in [5, 5.41) is 28.5. The van der Waals surface area contributed by atoms with Crippen molar-refractivity contribution < 1.29 is 28.2 Å². The number of aryl methyl sites for hydroxylation is 1. The summed E-state index contributed by atoms with van der Waals surface area (Å²) in [4.78, 5) is 36.6. The molecule has 4 heterocycles. The van der Waals surface area contributed by atoms with E-state index in [-0.39, 0.29) is 29.0 Å². The minimum absolute atomic E-state index is 0.0474. The number of fused-ring (bicyclic) bond motifs is 1. The average molecular weight is 645 g/mol. The summed E-state index contributed by atoms with van der Waals surface area (Å²) >= 11 is 0. The first-order valence-corrected chi connectivity index (χ1v) is 15.3. The maximum absolute atomic E-state index is 15.0. The number of nitriles is 1. The second-order valence-electron chi connectivity index (χ2n) is 12.0. The van der Waals surface area contributed by atoms with Gasteiger partial charge in [-0.2, -0.15) is 9.65 Å². The molecular formula is C33H34F2N8O4. The number of hydrogen-bond acceptors (Lipinski definition) is 9. The van der Waals surface area contributed by atoms with Crippen LogP contribution in [0, 0.1) is 35.8 Å². The number of benzene rings is 2. The lowest BCUT2D eigenvalue weighted by atomic mass is 9.75. The second-order valence-corrected chi connectivity index (χ2v) is 12.0. The van der Waals surface area contributed by atoms with Crippen LogP contribution in [0.5, 0.6) is 5.75 Å². The molecule has 4 aromatic rings. The first-order valence-electron chi connectivity index (χ1n) is 15.3. The van der Waals surface area contributed by atoms with E-state index >= 15 is 4.39 Å². The van der Waals surface area contributed by atoms with Gasteiger partial charge in [0.1, 0.15) is 6.07 Å². The van der Waals surface area contributed by atoms with Gasteiger partial charge in [-0.05, 0) is 62.6 Å². The smallest absolute Gasteiger partial charge is 0.306 e. The molecule has 0 bridgehead atoms. The molecule has 2 aromatic heterocycles. The van der Waals surface area contributed by atoms with Gasteiger partial charge >= 0.3 is 5.97 Å². The number of aliphatic carboxylic acids is 1. The minimum Gasteiger partial charge on any atom is -0.481 e. The standard InChI is InChI=1S/C33H34F2N8O4/c1-19-15-21(3-4-22(19)31(44)43-12-7-20(32(45)46)16-33(43,2)26-18-37-9-10-38-26)41-29-30-40-17-24(42(30)13-11-39-29)23-5-6-25(47-14-8-36)28(35)27(23)34/h3-6,11,13,15,17,20,26,37-38H,7,9-10,12,14,16,18H2,1-2H3,(H,39,41)(H,45,46)/t20?,26-,33?/m1/s1. The molecule has 47 heavy (non-hydrogen) atoms. The highest BCUT2D eigenvalue weighted by molar-refractivity contribution is 5.97. The number of carboxylic acid groups (broad SMARTS) is 1. The van der Waals surface area contributed by atoms with E-state index in [4.69, 9.17) is 10.00 Å². The Morgan fingerprint density at radius 1 is 1.21 bits per heavy atom. The Bertz CT molecular complexity index is 1890. The number of piperidine rings is 1. The molecule has 12 nitrogen and oxygen atoms in total. The first kappa shape index (κ1) is 31.8. The summed E-state index contributed by atoms with van der Waals surface area (Å²) in [7, 11) is 0. The summed E-state index contributed by atoms with van der Waals surface area (Å²) in [6.07, 6.45) is 5.22. The number of carbonyl (C=O) groups excluding carboxylic acids is 1. The van der Waals surface area contributed by atoms with Gasteiger partial charge in [0.25, 0.3) is 5.91 Å². The molecule has 2 aliphatic heterocycles. The fraction of sp³-hybridized carbons (Fsp3) is 0.364. The molecule has 2 unspecified atom stereocenters. The number of piperazine rings is 1. The lowest BCUT2D eigenvalue weighted by Crippen LogP contribution is -2.69. The lowest BCUT2D eigenvalue weighted by molar-refractivity contribution is -0.145. The molecule has 2 fully saturated rings. The van der Waals surface area contributed by atoms with Crippen LogP contribution in [0.1, 0.15) is 35.7 Å². The van der Waals surface area contributed by atoms with Crippen LogP contribution in [0.15, 0.2) is 48.9 Å². The highest BCUT2D eigenvalue weighted by atomic mass is 19.2. The maximum atomic E-state index is 15.0. The third-order valence-electron chi connectivity index (χ3n) is 9.13. The third-order valence-corrected chi connectivity index (χ3v) is 9.13. The minimum atomic E-state index is -1.21. The van der Waals surface area contributed by atoms with E-state index in [9.17, 15) is 19.1 Å². The largest absolute Gasteiger partial charge is 0.481 e. The molecule has 3 atom stereocenters. The zero-order valence-electron chi connectivity index (χ0n) is 25.9. The van der Waals surface area contributed by atoms with Gasteiger partial charge in [-0.1, -0.05) is 0 Å². The Labute approximate surface area is 269 Å². The molecule has 2 saturated heterocycles. The van der Waals surface area contributed by atoms with Crippen LogP contribution in [-0.4, -0.2) is 80.6 Å². The van der Waals surface area contributed by atoms with E-state index < -0.39 is 35.7 Å². The maximum Gasteiger partial charge on any atom is 0.306 e. The molecule has 0 saturated carbocycles. The van der Waals surface area contributed by atoms with Gasteiger partial charge < -0.3 is 30.7 Å². The Morgan fingerprint density at radius 3 is 2.77 bits per heavy atom. The predicted octanol–water partition coefficient (Wildman–Crippen LogP) is 3.89. The van der Waals surface area contributed by atoms with Gasteiger partial charge in [-0.3, -0.25) is 14.0 Å². The van der Waals surface area contributed by atoms with Crippen LogP contribution >= 0.6 is 0 Å². The van der Waals surface area contributed by atoms with E-state index in [1.165, 1.54) is 24.5 Å². The number of carbonyl (C=O) groups is 2. The fourth-order valence-corrected chi connectivity index (χ4v) is 6.64. The van der Waals surface area contributed by atoms with E-state index in [2.05, 4.69) is 25.9 Å². The number of halogens is 2. The van der Waals surface area contributed by atoms with Crippen molar-refractivity contribution in [3.05, 3.63) is 71.7 Å². The van der Waals surface area contributed by atoms with E-state index in [1.54, 1.807) is 28.8 Å². The number of nitrogens with zero attached hydrogens (tertiary/aromatic N) is 5. The SMILES string of the molecule is Cc1cc(Nc2nccn3c(-c4ccc(OCC#N)c(F)c4F)cnc23)ccc1C(=O)N1CCC(C(=O)O)CC1(C)[C@H]1CNCCN1. The number of anilines is 2. The van der Waals surface area contributed by atoms with Gasteiger partial charge in [0, 0.05) is 61.4 Å². The highest BCUT2D eigenvalue weighted by Crippen LogP contribution is 2.37. The molecule has 244 valence electrons. The van der Waals surface area contributed by atoms with Crippen molar-refractivity contribution in [1.82, 2.24) is 29.9 Å². The van der Waals surface area contributed by atoms with Crippen molar-refractivity contribution in [2.24, 2.45) is 5.92 Å². The Hall–Kier alpha value is -5.13. The van der Waals surface area contributed by atoms with Crippen molar-refractivity contribution in [2.75, 3.05) is 38.1 Å². The summed E-state index contributed by atoms with van der Waals surface area (Å²) in [6.45, 7) is 5.89. The van der Waals surface area contributed by atoms with Crippen LogP contribution in [0.4, 0.5) is 20.3 Å². The number of hydrogen-bond donors (Lipinski definition) is 4. The van der Waals surface area contributed by atoms with Gasteiger partial charge in [0.2, 0.25) is 5.82 Å². The van der Waals surface area contributed by atoms with Crippen LogP contribution in [-0.2, 0) is 4.79 Å². The molecule has 2 aliphatic rings. The van der Waals surface area contributed by atoms with Crippen LogP contribution < -0.4 is 20.7 Å². The van der Waals surface area contributed by atoms with E-state index in [0.29, 0.717) is 54.2 Å². The number of ether oxygens (including phenoxy) is 1. The highest BCUT2D eigenvalue weighted by Gasteiger charge is 2.48. The zero-order valence-corrected chi connectivity index (χ0v) is 25.9. The quantitative estimate of drug-likeness (QED) is 0.222. The van der Waals surface area contributed by atoms with Crippen molar-refractivity contribution in [2.45, 2.75) is 38.3 Å². The number of amides is 1. The van der Waals surface area contributed by atoms with Crippen molar-refractivity contribution >= 4 is 29.0 Å². The van der Waals surface area contributed by atoms with Gasteiger partial charge in [0.05, 0.1) is 23.3 Å². The molecule has 1 amide bonds. The van der Waals surface area contributed by atoms with Crippen molar-refractivity contribution in [3.63, 3.8) is 0 Å². The zero-order chi connectivity index (χ0) is 33.3. The fourth-order valence-electron chi connectivity index (χ4n) is 6.64. The molecule has 0 radical (unpaired) electrons. The number of nitrogens with one attached hydrogen (secondary N) is 3. The first-order chi connectivity index (χ1) is 22.6. The molecule has 2 aromatic carbocycles. The molecule has 6 rings (SSSR count). The Morgan fingerprint density at radius 2 is 2.04 bits per heavy atom. The summed E-state index contributed by atoms with van der Waals surface area (Å²) in [5.74, 6) is -3.89. The predicted molar refractivity (Wildman–Crippen MR) is 168 cm³/mol. The number of rotatable bonds is 8. The average Bonchev–Trinajstić information content (AvgIpc) is 3.50. The normalized spacial score (nSPS) is 21.3. The van der Waals surface area contributed by atoms with Gasteiger partial charge in [0.15, 0.2) is 29.6 Å². The molecule has 0 spiro atoms. The topological polar surface area (TPSA) is 157 Å². The van der Waals surface area contributed by atoms with Crippen molar-refractivity contribution in [1.29, 1.82) is 5.26 Å². The van der Waals surface area contributed by atoms with Crippen LogP contribution in [0.2, 0.25) is 0 Å². The number of aromatic nitrogens is 3. The summed E-state index contributed by atoms with van der Waals surface area (Å²) in [6, 6.07) is 9.55. The monoisotopic (exact) mass is 644 g/mol. The van der Waals surface area contributed by atoms with Gasteiger partial charge in [-0.15, -0.1) is 0 Å². The van der Waals surface area contributed by atoms with Gasteiger partial charge in [-0.25, -0.2) is 14.4 Å². The second kappa shape index (κ2) is 12.9. The van der Waals surface area contributed by atoms with Crippen LogP contribution in [0.25, 0.3) is 16.9 Å². The molecule has 0 aliphatic carbocycles. The molecule has 14 heteroatoms. The van der Waals surface area contributed by atoms with E-state index in [0.717, 1.165) is 13.1 Å². The third kappa shape index (κ3) is 5.95.